The quantitative estimate of drug-likeness (QED) is 0.788. The second-order valence-corrected chi connectivity index (χ2v) is 7.91. The van der Waals surface area contributed by atoms with Crippen LogP contribution in [-0.2, 0) is 0 Å². The molecular formula is C19H20N4OS. The molecule has 0 radical (unpaired) electrons. The number of aromatic nitrogens is 2. The van der Waals surface area contributed by atoms with Crippen molar-refractivity contribution >= 4 is 27.3 Å². The predicted octanol–water partition coefficient (Wildman–Crippen LogP) is 2.91. The number of piperidine rings is 3. The summed E-state index contributed by atoms with van der Waals surface area (Å²) in [5, 5.41) is 6.42. The first-order chi connectivity index (χ1) is 12.3. The largest absolute Gasteiger partial charge is 0.346 e. The smallest absolute Gasteiger partial charge is 0.270 e. The molecule has 0 aliphatic carbocycles. The van der Waals surface area contributed by atoms with E-state index in [1.165, 1.54) is 25.9 Å². The Bertz CT molecular complexity index is 909. The molecule has 0 unspecified atom stereocenters. The van der Waals surface area contributed by atoms with E-state index in [4.69, 9.17) is 0 Å². The van der Waals surface area contributed by atoms with Crippen molar-refractivity contribution in [3.05, 3.63) is 47.9 Å². The summed E-state index contributed by atoms with van der Waals surface area (Å²) in [5.41, 5.74) is 1.61. The van der Waals surface area contributed by atoms with Gasteiger partial charge in [-0.3, -0.25) is 4.79 Å². The molecule has 6 heteroatoms. The summed E-state index contributed by atoms with van der Waals surface area (Å²) in [6, 6.07) is 6.20. The fourth-order valence-electron chi connectivity index (χ4n) is 4.11. The van der Waals surface area contributed by atoms with E-state index in [-0.39, 0.29) is 11.9 Å². The molecule has 3 aromatic heterocycles. The number of nitrogens with zero attached hydrogens (tertiary/aromatic N) is 3. The molecule has 0 saturated carbocycles. The average Bonchev–Trinajstić information content (AvgIpc) is 3.31. The topological polar surface area (TPSA) is 50.2 Å². The highest BCUT2D eigenvalue weighted by atomic mass is 32.1. The lowest BCUT2D eigenvalue weighted by Gasteiger charge is -2.44. The highest BCUT2D eigenvalue weighted by molar-refractivity contribution is 7.17. The third-order valence-electron chi connectivity index (χ3n) is 5.53. The average molecular weight is 352 g/mol. The van der Waals surface area contributed by atoms with Gasteiger partial charge in [-0.15, -0.1) is 11.3 Å². The molecule has 3 aliphatic heterocycles. The van der Waals surface area contributed by atoms with Crippen molar-refractivity contribution in [1.29, 1.82) is 0 Å². The minimum absolute atomic E-state index is 0.0506. The molecule has 0 aromatic carbocycles. The number of rotatable bonds is 3. The van der Waals surface area contributed by atoms with Gasteiger partial charge >= 0.3 is 0 Å². The Hall–Kier alpha value is -2.18. The molecule has 1 N–H and O–H groups in total. The van der Waals surface area contributed by atoms with Crippen molar-refractivity contribution in [3.63, 3.8) is 0 Å². The van der Waals surface area contributed by atoms with E-state index in [1.807, 2.05) is 36.8 Å². The van der Waals surface area contributed by atoms with Crippen LogP contribution in [0.25, 0.3) is 15.8 Å². The molecule has 6 heterocycles. The standard InChI is InChI=1S/C19H20N4OS/c24-19(21-16-11-22-7-3-13(16)4-8-22)15-9-14-17(23-5-1-2-6-23)12-25-18(14)10-20-15/h1-2,5-6,9-10,12-13,16H,3-4,7-8,11H2,(H,21,24)/t16-/m0/s1. The Balaban J connectivity index is 1.42. The van der Waals surface area contributed by atoms with Crippen molar-refractivity contribution in [1.82, 2.24) is 19.8 Å². The molecule has 0 spiro atoms. The van der Waals surface area contributed by atoms with Gasteiger partial charge < -0.3 is 14.8 Å². The highest BCUT2D eigenvalue weighted by Crippen LogP contribution is 2.30. The van der Waals surface area contributed by atoms with Gasteiger partial charge in [-0.05, 0) is 50.0 Å². The minimum atomic E-state index is -0.0506. The Morgan fingerprint density at radius 1 is 1.24 bits per heavy atom. The lowest BCUT2D eigenvalue weighted by atomic mass is 9.84. The molecule has 5 nitrogen and oxygen atoms in total. The lowest BCUT2D eigenvalue weighted by molar-refractivity contribution is 0.0618. The van der Waals surface area contributed by atoms with Crippen LogP contribution in [0.4, 0.5) is 0 Å². The number of carbonyl (C=O) groups excluding carboxylic acids is 1. The third-order valence-corrected chi connectivity index (χ3v) is 6.45. The molecule has 6 rings (SSSR count). The van der Waals surface area contributed by atoms with Crippen LogP contribution in [0.15, 0.2) is 42.2 Å². The molecule has 25 heavy (non-hydrogen) atoms. The van der Waals surface area contributed by atoms with Crippen LogP contribution in [0.3, 0.4) is 0 Å². The van der Waals surface area contributed by atoms with Gasteiger partial charge in [0, 0.05) is 41.9 Å². The number of nitrogens with one attached hydrogen (secondary N) is 1. The van der Waals surface area contributed by atoms with E-state index in [1.54, 1.807) is 11.3 Å². The number of thiophene rings is 1. The number of hydrogen-bond donors (Lipinski definition) is 1. The minimum Gasteiger partial charge on any atom is -0.346 e. The summed E-state index contributed by atoms with van der Waals surface area (Å²) in [5.74, 6) is 0.569. The van der Waals surface area contributed by atoms with E-state index >= 15 is 0 Å². The summed E-state index contributed by atoms with van der Waals surface area (Å²) in [6.45, 7) is 3.33. The van der Waals surface area contributed by atoms with Crippen LogP contribution in [0.1, 0.15) is 23.3 Å². The maximum absolute atomic E-state index is 12.8. The van der Waals surface area contributed by atoms with E-state index in [0.29, 0.717) is 11.6 Å². The highest BCUT2D eigenvalue weighted by Gasteiger charge is 2.35. The Morgan fingerprint density at radius 3 is 2.76 bits per heavy atom. The number of amides is 1. The number of hydrogen-bond acceptors (Lipinski definition) is 4. The van der Waals surface area contributed by atoms with E-state index in [9.17, 15) is 4.79 Å². The Morgan fingerprint density at radius 2 is 2.04 bits per heavy atom. The van der Waals surface area contributed by atoms with Crippen molar-refractivity contribution in [2.24, 2.45) is 5.92 Å². The fourth-order valence-corrected chi connectivity index (χ4v) is 5.00. The first kappa shape index (κ1) is 15.1. The van der Waals surface area contributed by atoms with E-state index in [2.05, 4.69) is 25.1 Å². The second kappa shape index (κ2) is 5.97. The molecule has 3 aromatic rings. The van der Waals surface area contributed by atoms with Crippen molar-refractivity contribution in [2.75, 3.05) is 19.6 Å². The SMILES string of the molecule is O=C(N[C@H]1CN2CCC1CC2)c1cc2c(-n3cccc3)csc2cn1. The van der Waals surface area contributed by atoms with Gasteiger partial charge in [-0.25, -0.2) is 4.98 Å². The zero-order valence-corrected chi connectivity index (χ0v) is 14.7. The molecule has 2 bridgehead atoms. The van der Waals surface area contributed by atoms with Crippen LogP contribution in [0.2, 0.25) is 0 Å². The van der Waals surface area contributed by atoms with Crippen LogP contribution in [-0.4, -0.2) is 46.0 Å². The summed E-state index contributed by atoms with van der Waals surface area (Å²) in [6.07, 6.45) is 8.25. The number of fused-ring (bicyclic) bond motifs is 4. The maximum Gasteiger partial charge on any atom is 0.270 e. The van der Waals surface area contributed by atoms with Gasteiger partial charge in [0.05, 0.1) is 10.4 Å². The summed E-state index contributed by atoms with van der Waals surface area (Å²) >= 11 is 1.66. The Labute approximate surface area is 150 Å². The normalized spacial score (nSPS) is 25.4. The molecule has 1 atom stereocenters. The van der Waals surface area contributed by atoms with Crippen LogP contribution >= 0.6 is 11.3 Å². The number of carbonyl (C=O) groups is 1. The summed E-state index contributed by atoms with van der Waals surface area (Å²) in [4.78, 5) is 19.6. The van der Waals surface area contributed by atoms with Crippen LogP contribution in [0, 0.1) is 5.92 Å². The molecule has 1 amide bonds. The first-order valence-corrected chi connectivity index (χ1v) is 9.70. The molecule has 3 aliphatic rings. The van der Waals surface area contributed by atoms with Gasteiger partial charge in [-0.1, -0.05) is 0 Å². The molecule has 3 saturated heterocycles. The molecule has 128 valence electrons. The van der Waals surface area contributed by atoms with Gasteiger partial charge in [-0.2, -0.15) is 0 Å². The second-order valence-electron chi connectivity index (χ2n) is 6.99. The van der Waals surface area contributed by atoms with Crippen molar-refractivity contribution < 1.29 is 4.79 Å². The van der Waals surface area contributed by atoms with Crippen molar-refractivity contribution in [3.8, 4) is 5.69 Å². The van der Waals surface area contributed by atoms with Crippen LogP contribution < -0.4 is 5.32 Å². The van der Waals surface area contributed by atoms with Gasteiger partial charge in [0.25, 0.3) is 5.91 Å². The summed E-state index contributed by atoms with van der Waals surface area (Å²) < 4.78 is 3.18. The Kier molecular flexibility index (Phi) is 3.60. The van der Waals surface area contributed by atoms with Crippen LogP contribution in [0.5, 0.6) is 0 Å². The lowest BCUT2D eigenvalue weighted by Crippen LogP contribution is -2.57. The molecule has 3 fully saturated rings. The monoisotopic (exact) mass is 352 g/mol. The molecular weight excluding hydrogens is 332 g/mol. The maximum atomic E-state index is 12.8. The van der Waals surface area contributed by atoms with Gasteiger partial charge in [0.2, 0.25) is 0 Å². The third kappa shape index (κ3) is 2.65. The summed E-state index contributed by atoms with van der Waals surface area (Å²) in [7, 11) is 0. The predicted molar refractivity (Wildman–Crippen MR) is 99.4 cm³/mol. The van der Waals surface area contributed by atoms with Gasteiger partial charge in [0.15, 0.2) is 0 Å². The zero-order chi connectivity index (χ0) is 16.8. The van der Waals surface area contributed by atoms with Crippen molar-refractivity contribution in [2.45, 2.75) is 18.9 Å². The fraction of sp³-hybridized carbons (Fsp3) is 0.368. The first-order valence-electron chi connectivity index (χ1n) is 8.82. The van der Waals surface area contributed by atoms with Gasteiger partial charge in [0.1, 0.15) is 5.69 Å². The van der Waals surface area contributed by atoms with E-state index in [0.717, 1.165) is 22.3 Å². The number of pyridine rings is 1. The zero-order valence-electron chi connectivity index (χ0n) is 13.9. The van der Waals surface area contributed by atoms with E-state index < -0.39 is 0 Å².